The first kappa shape index (κ1) is 35.7. The minimum atomic E-state index is -0.955. The van der Waals surface area contributed by atoms with Crippen molar-refractivity contribution in [1.82, 2.24) is 5.32 Å². The number of benzene rings is 1. The van der Waals surface area contributed by atoms with Gasteiger partial charge in [0.15, 0.2) is 11.5 Å². The molecule has 0 bridgehead atoms. The number of unbranched alkanes of at least 4 members (excludes halogenated alkanes) is 2. The molecule has 0 aliphatic heterocycles. The quantitative estimate of drug-likeness (QED) is 0.0906. The molecule has 0 saturated carbocycles. The highest BCUT2D eigenvalue weighted by Crippen LogP contribution is 2.30. The van der Waals surface area contributed by atoms with E-state index >= 15 is 0 Å². The number of carbonyl (C=O) groups is 4. The summed E-state index contributed by atoms with van der Waals surface area (Å²) in [6.07, 6.45) is 3.61. The second-order valence-corrected chi connectivity index (χ2v) is 9.83. The van der Waals surface area contributed by atoms with Gasteiger partial charge in [0.05, 0.1) is 7.11 Å². The number of methoxy groups -OCH3 is 1. The van der Waals surface area contributed by atoms with Crippen molar-refractivity contribution in [1.29, 1.82) is 0 Å². The van der Waals surface area contributed by atoms with Gasteiger partial charge >= 0.3 is 24.2 Å². The first-order valence-electron chi connectivity index (χ1n) is 14.5. The van der Waals surface area contributed by atoms with E-state index < -0.39 is 24.3 Å². The van der Waals surface area contributed by atoms with Crippen molar-refractivity contribution >= 4 is 24.2 Å². The average Bonchev–Trinajstić information content (AvgIpc) is 2.91. The summed E-state index contributed by atoms with van der Waals surface area (Å²) in [7, 11) is 1.27. The predicted molar refractivity (Wildman–Crippen MR) is 152 cm³/mol. The van der Waals surface area contributed by atoms with Gasteiger partial charge in [0, 0.05) is 13.0 Å². The van der Waals surface area contributed by atoms with E-state index in [2.05, 4.69) is 12.2 Å². The van der Waals surface area contributed by atoms with Crippen LogP contribution in [0.4, 0.5) is 9.59 Å². The van der Waals surface area contributed by atoms with Crippen LogP contribution in [0.2, 0.25) is 0 Å². The van der Waals surface area contributed by atoms with E-state index in [9.17, 15) is 19.2 Å². The molecule has 0 spiro atoms. The molecule has 2 unspecified atom stereocenters. The Morgan fingerprint density at radius 3 is 2.00 bits per heavy atom. The molecule has 1 rings (SSSR count). The van der Waals surface area contributed by atoms with E-state index in [4.69, 9.17) is 28.4 Å². The van der Waals surface area contributed by atoms with Gasteiger partial charge in [0.25, 0.3) is 0 Å². The zero-order chi connectivity index (χ0) is 30.6. The SMILES string of the molecule is CCCCCC(=O)OCCN[C@@H](Cc1ccc(OC(=O)OC(C)CCC)c(OC(=O)OC(C)CCC)c1)C(=O)OC. The highest BCUT2D eigenvalue weighted by molar-refractivity contribution is 5.76. The highest BCUT2D eigenvalue weighted by Gasteiger charge is 2.23. The third-order valence-corrected chi connectivity index (χ3v) is 6.05. The van der Waals surface area contributed by atoms with Gasteiger partial charge in [0.1, 0.15) is 24.9 Å². The minimum Gasteiger partial charge on any atom is -0.468 e. The summed E-state index contributed by atoms with van der Waals surface area (Å²) in [5.74, 6) is -0.917. The maximum absolute atomic E-state index is 12.5. The van der Waals surface area contributed by atoms with Gasteiger partial charge in [-0.2, -0.15) is 0 Å². The van der Waals surface area contributed by atoms with E-state index in [-0.39, 0.29) is 49.2 Å². The maximum atomic E-state index is 12.5. The first-order chi connectivity index (χ1) is 19.6. The zero-order valence-electron chi connectivity index (χ0n) is 25.3. The minimum absolute atomic E-state index is 0.0416. The molecule has 0 aliphatic carbocycles. The zero-order valence-corrected chi connectivity index (χ0v) is 25.3. The van der Waals surface area contributed by atoms with Gasteiger partial charge in [-0.25, -0.2) is 9.59 Å². The molecular formula is C30H47NO10. The summed E-state index contributed by atoms with van der Waals surface area (Å²) in [6, 6.07) is 3.78. The molecule has 11 nitrogen and oxygen atoms in total. The molecule has 0 fully saturated rings. The van der Waals surface area contributed by atoms with E-state index in [1.807, 2.05) is 13.8 Å². The van der Waals surface area contributed by atoms with Crippen LogP contribution in [0.3, 0.4) is 0 Å². The summed E-state index contributed by atoms with van der Waals surface area (Å²) in [6.45, 7) is 9.83. The fourth-order valence-electron chi connectivity index (χ4n) is 3.94. The molecule has 1 N–H and O–H groups in total. The third-order valence-electron chi connectivity index (χ3n) is 6.05. The van der Waals surface area contributed by atoms with Crippen LogP contribution in [-0.4, -0.2) is 62.8 Å². The summed E-state index contributed by atoms with van der Waals surface area (Å²) in [4.78, 5) is 49.1. The summed E-state index contributed by atoms with van der Waals surface area (Å²) in [5.41, 5.74) is 0.578. The highest BCUT2D eigenvalue weighted by atomic mass is 16.7. The summed E-state index contributed by atoms with van der Waals surface area (Å²) >= 11 is 0. The van der Waals surface area contributed by atoms with Gasteiger partial charge in [-0.15, -0.1) is 0 Å². The molecule has 41 heavy (non-hydrogen) atoms. The molecule has 1 aromatic rings. The molecule has 0 heterocycles. The van der Waals surface area contributed by atoms with Crippen LogP contribution < -0.4 is 14.8 Å². The summed E-state index contributed by atoms with van der Waals surface area (Å²) < 4.78 is 31.4. The molecular weight excluding hydrogens is 534 g/mol. The van der Waals surface area contributed by atoms with Crippen LogP contribution in [0.15, 0.2) is 18.2 Å². The van der Waals surface area contributed by atoms with E-state index in [0.717, 1.165) is 32.1 Å². The van der Waals surface area contributed by atoms with Gasteiger partial charge in [0.2, 0.25) is 0 Å². The van der Waals surface area contributed by atoms with Crippen molar-refractivity contribution in [2.24, 2.45) is 0 Å². The van der Waals surface area contributed by atoms with Crippen LogP contribution in [0, 0.1) is 0 Å². The van der Waals surface area contributed by atoms with Crippen LogP contribution in [0.1, 0.15) is 91.5 Å². The Balaban J connectivity index is 2.99. The lowest BCUT2D eigenvalue weighted by molar-refractivity contribution is -0.144. The van der Waals surface area contributed by atoms with Crippen molar-refractivity contribution in [3.05, 3.63) is 23.8 Å². The smallest absolute Gasteiger partial charge is 0.468 e. The lowest BCUT2D eigenvalue weighted by Crippen LogP contribution is -2.41. The molecule has 0 radical (unpaired) electrons. The summed E-state index contributed by atoms with van der Waals surface area (Å²) in [5, 5.41) is 3.03. The van der Waals surface area contributed by atoms with Gasteiger partial charge in [-0.05, 0) is 57.2 Å². The molecule has 0 aliphatic rings. The molecule has 11 heteroatoms. The maximum Gasteiger partial charge on any atom is 0.514 e. The molecule has 3 atom stereocenters. The van der Waals surface area contributed by atoms with Crippen molar-refractivity contribution < 1.29 is 47.6 Å². The van der Waals surface area contributed by atoms with Crippen LogP contribution in [0.5, 0.6) is 11.5 Å². The predicted octanol–water partition coefficient (Wildman–Crippen LogP) is 5.89. The Morgan fingerprint density at radius 1 is 0.829 bits per heavy atom. The normalized spacial score (nSPS) is 12.9. The van der Waals surface area contributed by atoms with Crippen LogP contribution in [-0.2, 0) is 35.0 Å². The Bertz CT molecular complexity index is 951. The topological polar surface area (TPSA) is 136 Å². The average molecular weight is 582 g/mol. The monoisotopic (exact) mass is 581 g/mol. The van der Waals surface area contributed by atoms with Crippen molar-refractivity contribution in [2.75, 3.05) is 20.3 Å². The molecule has 0 saturated heterocycles. The van der Waals surface area contributed by atoms with Crippen LogP contribution in [0.25, 0.3) is 0 Å². The Morgan fingerprint density at radius 2 is 1.44 bits per heavy atom. The lowest BCUT2D eigenvalue weighted by Gasteiger charge is -2.18. The second kappa shape index (κ2) is 20.5. The molecule has 232 valence electrons. The molecule has 0 amide bonds. The number of hydrogen-bond acceptors (Lipinski definition) is 11. The van der Waals surface area contributed by atoms with Gasteiger partial charge < -0.3 is 33.7 Å². The fourth-order valence-corrected chi connectivity index (χ4v) is 3.94. The molecule has 0 aromatic heterocycles. The number of ether oxygens (including phenoxy) is 6. The fraction of sp³-hybridized carbons (Fsp3) is 0.667. The van der Waals surface area contributed by atoms with Crippen molar-refractivity contribution in [3.63, 3.8) is 0 Å². The Kier molecular flexibility index (Phi) is 17.9. The largest absolute Gasteiger partial charge is 0.514 e. The number of rotatable bonds is 19. The number of esters is 2. The lowest BCUT2D eigenvalue weighted by atomic mass is 10.1. The standard InChI is InChI=1S/C30H47NO10/c1-7-10-11-14-27(32)37-18-17-31-24(28(33)36-6)19-23-15-16-25(40-29(34)38-21(4)12-8-2)26(20-23)41-30(35)39-22(5)13-9-3/h15-16,20-22,24,31H,7-14,17-19H2,1-6H3/t21?,22?,24-/m0/s1. The molecule has 1 aromatic carbocycles. The van der Waals surface area contributed by atoms with Crippen molar-refractivity contribution in [3.8, 4) is 11.5 Å². The van der Waals surface area contributed by atoms with Crippen LogP contribution >= 0.6 is 0 Å². The second-order valence-electron chi connectivity index (χ2n) is 9.83. The number of nitrogens with one attached hydrogen (secondary N) is 1. The number of carbonyl (C=O) groups excluding carboxylic acids is 4. The van der Waals surface area contributed by atoms with Crippen molar-refractivity contribution in [2.45, 2.75) is 111 Å². The number of hydrogen-bond donors (Lipinski definition) is 1. The van der Waals surface area contributed by atoms with E-state index in [1.165, 1.54) is 19.2 Å². The van der Waals surface area contributed by atoms with E-state index in [1.54, 1.807) is 19.9 Å². The van der Waals surface area contributed by atoms with Gasteiger partial charge in [-0.1, -0.05) is 52.5 Å². The Labute approximate surface area is 243 Å². The Hall–Kier alpha value is -3.34. The van der Waals surface area contributed by atoms with Gasteiger partial charge in [-0.3, -0.25) is 9.59 Å². The van der Waals surface area contributed by atoms with E-state index in [0.29, 0.717) is 24.8 Å². The third kappa shape index (κ3) is 15.3. The first-order valence-corrected chi connectivity index (χ1v) is 14.5.